The molecule has 0 aromatic rings. The van der Waals surface area contributed by atoms with E-state index in [0.29, 0.717) is 6.42 Å². The molecule has 4 nitrogen and oxygen atoms in total. The lowest BCUT2D eigenvalue weighted by Crippen LogP contribution is -2.37. The van der Waals surface area contributed by atoms with Gasteiger partial charge in [-0.2, -0.15) is 11.8 Å². The lowest BCUT2D eigenvalue weighted by Gasteiger charge is -2.10. The predicted molar refractivity (Wildman–Crippen MR) is 44.6 cm³/mol. The number of nitrogens with one attached hydrogen (secondary N) is 1. The van der Waals surface area contributed by atoms with Crippen molar-refractivity contribution in [3.8, 4) is 0 Å². The van der Waals surface area contributed by atoms with Crippen LogP contribution in [0, 0.1) is 0 Å². The van der Waals surface area contributed by atoms with Gasteiger partial charge in [-0.3, -0.25) is 10.1 Å². The highest BCUT2D eigenvalue weighted by atomic mass is 32.2. The Bertz CT molecular complexity index is 120. The van der Waals surface area contributed by atoms with Gasteiger partial charge in [-0.15, -0.1) is 0 Å². The maximum absolute atomic E-state index is 10.4. The van der Waals surface area contributed by atoms with E-state index in [-0.39, 0.29) is 6.73 Å². The van der Waals surface area contributed by atoms with Crippen LogP contribution >= 0.6 is 11.8 Å². The summed E-state index contributed by atoms with van der Waals surface area (Å²) in [6, 6.07) is -0.618. The molecule has 0 aromatic carbocycles. The first-order valence-electron chi connectivity index (χ1n) is 3.28. The van der Waals surface area contributed by atoms with E-state index in [1.807, 2.05) is 6.26 Å². The molecule has 1 atom stereocenters. The fraction of sp³-hybridized carbons (Fsp3) is 0.833. The monoisotopic (exact) mass is 179 g/mol. The highest BCUT2D eigenvalue weighted by Crippen LogP contribution is 2.00. The molecule has 5 heteroatoms. The van der Waals surface area contributed by atoms with Crippen LogP contribution in [0.25, 0.3) is 0 Å². The van der Waals surface area contributed by atoms with E-state index < -0.39 is 12.0 Å². The molecule has 0 spiro atoms. The number of hydrogen-bond donors (Lipinski definition) is 3. The Balaban J connectivity index is 3.60. The molecule has 0 aliphatic rings. The van der Waals surface area contributed by atoms with Gasteiger partial charge in [0.15, 0.2) is 0 Å². The quantitative estimate of drug-likeness (QED) is 0.490. The van der Waals surface area contributed by atoms with E-state index >= 15 is 0 Å². The van der Waals surface area contributed by atoms with Gasteiger partial charge in [-0.05, 0) is 18.4 Å². The molecule has 0 bridgehead atoms. The maximum atomic E-state index is 10.4. The number of hydrogen-bond acceptors (Lipinski definition) is 4. The molecule has 11 heavy (non-hydrogen) atoms. The lowest BCUT2D eigenvalue weighted by molar-refractivity contribution is -0.139. The number of aliphatic hydroxyl groups is 1. The largest absolute Gasteiger partial charge is 0.480 e. The molecular formula is C6H13NO3S. The third-order valence-electron chi connectivity index (χ3n) is 1.25. The van der Waals surface area contributed by atoms with Crippen molar-refractivity contribution in [2.45, 2.75) is 12.5 Å². The zero-order valence-corrected chi connectivity index (χ0v) is 7.23. The molecule has 0 amide bonds. The van der Waals surface area contributed by atoms with Crippen molar-refractivity contribution in [1.29, 1.82) is 0 Å². The highest BCUT2D eigenvalue weighted by molar-refractivity contribution is 7.98. The standard InChI is InChI=1S/C6H13NO3S/c1-11-3-2-5(6(9)10)7-4-8/h5,7-8H,2-4H2,1H3,(H,9,10)/t5-/m1/s1. The molecule has 0 heterocycles. The van der Waals surface area contributed by atoms with Crippen LogP contribution in [0.5, 0.6) is 0 Å². The Kier molecular flexibility index (Phi) is 6.30. The van der Waals surface area contributed by atoms with Gasteiger partial charge in [0.25, 0.3) is 0 Å². The van der Waals surface area contributed by atoms with E-state index in [2.05, 4.69) is 5.32 Å². The van der Waals surface area contributed by atoms with Gasteiger partial charge in [0.05, 0.1) is 6.73 Å². The van der Waals surface area contributed by atoms with Crippen molar-refractivity contribution in [1.82, 2.24) is 5.32 Å². The third-order valence-corrected chi connectivity index (χ3v) is 1.89. The number of carboxylic acids is 1. The second-order valence-corrected chi connectivity index (χ2v) is 3.02. The molecule has 0 aliphatic heterocycles. The SMILES string of the molecule is CSCC[C@@H](NCO)C(=O)O. The second-order valence-electron chi connectivity index (χ2n) is 2.03. The zero-order chi connectivity index (χ0) is 8.69. The van der Waals surface area contributed by atoms with Crippen LogP contribution in [-0.2, 0) is 4.79 Å². The van der Waals surface area contributed by atoms with Crippen LogP contribution < -0.4 is 5.32 Å². The molecule has 0 radical (unpaired) electrons. The van der Waals surface area contributed by atoms with Crippen molar-refractivity contribution in [3.05, 3.63) is 0 Å². The number of aliphatic carboxylic acids is 1. The zero-order valence-electron chi connectivity index (χ0n) is 6.41. The summed E-state index contributed by atoms with van der Waals surface area (Å²) in [6.07, 6.45) is 2.45. The van der Waals surface area contributed by atoms with E-state index in [1.165, 1.54) is 0 Å². The average Bonchev–Trinajstić information content (AvgIpc) is 1.97. The van der Waals surface area contributed by atoms with Crippen molar-refractivity contribution in [2.75, 3.05) is 18.7 Å². The van der Waals surface area contributed by atoms with Crippen LogP contribution in [0.3, 0.4) is 0 Å². The number of thioether (sulfide) groups is 1. The van der Waals surface area contributed by atoms with Gasteiger partial charge in [0.1, 0.15) is 6.04 Å². The minimum Gasteiger partial charge on any atom is -0.480 e. The van der Waals surface area contributed by atoms with E-state index in [1.54, 1.807) is 11.8 Å². The average molecular weight is 179 g/mol. The molecule has 0 rings (SSSR count). The van der Waals surface area contributed by atoms with Crippen LogP contribution in [0.4, 0.5) is 0 Å². The molecule has 0 saturated carbocycles. The maximum Gasteiger partial charge on any atom is 0.320 e. The van der Waals surface area contributed by atoms with Crippen LogP contribution in [0.15, 0.2) is 0 Å². The summed E-state index contributed by atoms with van der Waals surface area (Å²) in [5, 5.41) is 19.4. The van der Waals surface area contributed by atoms with Gasteiger partial charge in [-0.25, -0.2) is 0 Å². The summed E-state index contributed by atoms with van der Waals surface area (Å²) in [5.74, 6) is -0.127. The molecule has 3 N–H and O–H groups in total. The summed E-state index contributed by atoms with van der Waals surface area (Å²) in [4.78, 5) is 10.4. The normalized spacial score (nSPS) is 12.9. The van der Waals surface area contributed by atoms with Crippen molar-refractivity contribution in [3.63, 3.8) is 0 Å². The summed E-state index contributed by atoms with van der Waals surface area (Å²) in [5.41, 5.74) is 0. The third kappa shape index (κ3) is 5.06. The molecule has 0 aliphatic carbocycles. The minimum absolute atomic E-state index is 0.286. The number of carboxylic acid groups (broad SMARTS) is 1. The van der Waals surface area contributed by atoms with Gasteiger partial charge < -0.3 is 10.2 Å². The Morgan fingerprint density at radius 2 is 2.36 bits per heavy atom. The Labute approximate surface area is 70.0 Å². The van der Waals surface area contributed by atoms with Gasteiger partial charge in [0.2, 0.25) is 0 Å². The molecule has 0 unspecified atom stereocenters. The first kappa shape index (κ1) is 10.7. The van der Waals surface area contributed by atoms with E-state index in [0.717, 1.165) is 5.75 Å². The van der Waals surface area contributed by atoms with Crippen LogP contribution in [0.1, 0.15) is 6.42 Å². The summed E-state index contributed by atoms with van der Waals surface area (Å²) in [6.45, 7) is -0.286. The van der Waals surface area contributed by atoms with Gasteiger partial charge >= 0.3 is 5.97 Å². The van der Waals surface area contributed by atoms with Crippen molar-refractivity contribution < 1.29 is 15.0 Å². The first-order valence-corrected chi connectivity index (χ1v) is 4.67. The first-order chi connectivity index (χ1) is 5.22. The highest BCUT2D eigenvalue weighted by Gasteiger charge is 2.14. The number of rotatable bonds is 6. The fourth-order valence-electron chi connectivity index (χ4n) is 0.659. The Hall–Kier alpha value is -0.260. The molecule has 0 aromatic heterocycles. The topological polar surface area (TPSA) is 69.6 Å². The van der Waals surface area contributed by atoms with Crippen molar-refractivity contribution in [2.24, 2.45) is 0 Å². The molecular weight excluding hydrogens is 166 g/mol. The summed E-state index contributed by atoms with van der Waals surface area (Å²) >= 11 is 1.59. The predicted octanol–water partition coefficient (Wildman–Crippen LogP) is -0.268. The lowest BCUT2D eigenvalue weighted by atomic mass is 10.2. The Morgan fingerprint density at radius 3 is 2.73 bits per heavy atom. The second kappa shape index (κ2) is 6.45. The summed E-state index contributed by atoms with van der Waals surface area (Å²) in [7, 11) is 0. The van der Waals surface area contributed by atoms with E-state index in [4.69, 9.17) is 10.2 Å². The number of carbonyl (C=O) groups is 1. The fourth-order valence-corrected chi connectivity index (χ4v) is 1.13. The minimum atomic E-state index is -0.909. The van der Waals surface area contributed by atoms with Crippen molar-refractivity contribution >= 4 is 17.7 Å². The van der Waals surface area contributed by atoms with E-state index in [9.17, 15) is 4.79 Å². The van der Waals surface area contributed by atoms with Gasteiger partial charge in [-0.1, -0.05) is 0 Å². The molecule has 66 valence electrons. The molecule has 0 saturated heterocycles. The van der Waals surface area contributed by atoms with Crippen LogP contribution in [0.2, 0.25) is 0 Å². The molecule has 0 fully saturated rings. The number of aliphatic hydroxyl groups excluding tert-OH is 1. The van der Waals surface area contributed by atoms with Crippen LogP contribution in [-0.4, -0.2) is 41.0 Å². The summed E-state index contributed by atoms with van der Waals surface area (Å²) < 4.78 is 0. The smallest absolute Gasteiger partial charge is 0.320 e. The Morgan fingerprint density at radius 1 is 1.73 bits per heavy atom. The van der Waals surface area contributed by atoms with Gasteiger partial charge in [0, 0.05) is 0 Å².